The van der Waals surface area contributed by atoms with Crippen LogP contribution in [0.1, 0.15) is 41.4 Å². The number of nitrogens with one attached hydrogen (secondary N) is 2. The fourth-order valence-electron chi connectivity index (χ4n) is 2.82. The van der Waals surface area contributed by atoms with E-state index in [1.54, 1.807) is 7.11 Å². The molecule has 1 amide bonds. The highest BCUT2D eigenvalue weighted by atomic mass is 16.5. The number of amides is 1. The fraction of sp³-hybridized carbons (Fsp3) is 0.250. The van der Waals surface area contributed by atoms with Crippen molar-refractivity contribution in [1.82, 2.24) is 4.98 Å². The lowest BCUT2D eigenvalue weighted by molar-refractivity contribution is 0.102. The van der Waals surface area contributed by atoms with E-state index in [1.165, 1.54) is 5.56 Å². The highest BCUT2D eigenvalue weighted by Gasteiger charge is 2.15. The van der Waals surface area contributed by atoms with E-state index in [9.17, 15) is 4.79 Å². The van der Waals surface area contributed by atoms with Gasteiger partial charge in [0, 0.05) is 22.7 Å². The molecule has 0 saturated heterocycles. The largest absolute Gasteiger partial charge is 0.497 e. The van der Waals surface area contributed by atoms with Crippen molar-refractivity contribution >= 4 is 22.5 Å². The molecule has 4 nitrogen and oxygen atoms in total. The number of methoxy groups -OCH3 is 1. The molecule has 2 aromatic carbocycles. The SMILES string of the molecule is COc1ccc2c(C)c(C(=O)Nc3ccc(C(C)C)cc3)[nH]c2c1. The molecule has 2 N–H and O–H groups in total. The minimum absolute atomic E-state index is 0.139. The Labute approximate surface area is 141 Å². The second-order valence-corrected chi connectivity index (χ2v) is 6.27. The van der Waals surface area contributed by atoms with E-state index >= 15 is 0 Å². The van der Waals surface area contributed by atoms with Crippen molar-refractivity contribution in [3.63, 3.8) is 0 Å². The van der Waals surface area contributed by atoms with Crippen molar-refractivity contribution in [2.45, 2.75) is 26.7 Å². The number of benzene rings is 2. The molecule has 24 heavy (non-hydrogen) atoms. The van der Waals surface area contributed by atoms with Gasteiger partial charge in [-0.05, 0) is 48.2 Å². The van der Waals surface area contributed by atoms with Crippen molar-refractivity contribution in [2.24, 2.45) is 0 Å². The van der Waals surface area contributed by atoms with Gasteiger partial charge >= 0.3 is 0 Å². The lowest BCUT2D eigenvalue weighted by Gasteiger charge is -2.08. The Morgan fingerprint density at radius 2 is 1.83 bits per heavy atom. The van der Waals surface area contributed by atoms with Crippen LogP contribution >= 0.6 is 0 Å². The third-order valence-corrected chi connectivity index (χ3v) is 4.33. The molecule has 0 aliphatic carbocycles. The molecular weight excluding hydrogens is 300 g/mol. The summed E-state index contributed by atoms with van der Waals surface area (Å²) < 4.78 is 5.24. The lowest BCUT2D eigenvalue weighted by atomic mass is 10.0. The predicted octanol–water partition coefficient (Wildman–Crippen LogP) is 4.86. The molecule has 0 aliphatic heterocycles. The van der Waals surface area contributed by atoms with Gasteiger partial charge in [0.25, 0.3) is 5.91 Å². The molecule has 0 spiro atoms. The molecule has 1 heterocycles. The Morgan fingerprint density at radius 1 is 1.12 bits per heavy atom. The standard InChI is InChI=1S/C20H22N2O2/c1-12(2)14-5-7-15(8-6-14)21-20(23)19-13(3)17-10-9-16(24-4)11-18(17)22-19/h5-12,22H,1-4H3,(H,21,23). The number of carbonyl (C=O) groups excluding carboxylic acids is 1. The van der Waals surface area contributed by atoms with Crippen LogP contribution in [0.5, 0.6) is 5.75 Å². The number of rotatable bonds is 4. The summed E-state index contributed by atoms with van der Waals surface area (Å²) in [7, 11) is 1.63. The van der Waals surface area contributed by atoms with Crippen LogP contribution in [0, 0.1) is 6.92 Å². The number of aromatic amines is 1. The Bertz CT molecular complexity index is 877. The first-order valence-corrected chi connectivity index (χ1v) is 8.07. The normalized spacial score (nSPS) is 11.0. The first-order valence-electron chi connectivity index (χ1n) is 8.07. The van der Waals surface area contributed by atoms with E-state index in [0.717, 1.165) is 27.9 Å². The fourth-order valence-corrected chi connectivity index (χ4v) is 2.82. The number of ether oxygens (including phenoxy) is 1. The van der Waals surface area contributed by atoms with Crippen LogP contribution in [0.2, 0.25) is 0 Å². The number of hydrogen-bond donors (Lipinski definition) is 2. The highest BCUT2D eigenvalue weighted by molar-refractivity contribution is 6.07. The van der Waals surface area contributed by atoms with E-state index in [4.69, 9.17) is 4.74 Å². The summed E-state index contributed by atoms with van der Waals surface area (Å²) in [5, 5.41) is 3.98. The van der Waals surface area contributed by atoms with Crippen LogP contribution < -0.4 is 10.1 Å². The molecule has 1 aromatic heterocycles. The van der Waals surface area contributed by atoms with Gasteiger partial charge in [0.1, 0.15) is 11.4 Å². The maximum atomic E-state index is 12.6. The van der Waals surface area contributed by atoms with Crippen LogP contribution in [-0.2, 0) is 0 Å². The molecule has 4 heteroatoms. The van der Waals surface area contributed by atoms with Crippen LogP contribution in [0.3, 0.4) is 0 Å². The molecule has 3 rings (SSSR count). The van der Waals surface area contributed by atoms with Gasteiger partial charge in [-0.2, -0.15) is 0 Å². The summed E-state index contributed by atoms with van der Waals surface area (Å²) in [6.07, 6.45) is 0. The second kappa shape index (κ2) is 6.40. The number of H-pyrrole nitrogens is 1. The topological polar surface area (TPSA) is 54.1 Å². The third-order valence-electron chi connectivity index (χ3n) is 4.33. The Morgan fingerprint density at radius 3 is 2.46 bits per heavy atom. The van der Waals surface area contributed by atoms with Gasteiger partial charge in [-0.1, -0.05) is 26.0 Å². The molecule has 0 atom stereocenters. The van der Waals surface area contributed by atoms with Gasteiger partial charge in [-0.3, -0.25) is 4.79 Å². The molecule has 0 aliphatic rings. The highest BCUT2D eigenvalue weighted by Crippen LogP contribution is 2.26. The van der Waals surface area contributed by atoms with Crippen LogP contribution in [-0.4, -0.2) is 18.0 Å². The zero-order valence-electron chi connectivity index (χ0n) is 14.4. The molecule has 0 fully saturated rings. The van der Waals surface area contributed by atoms with Gasteiger partial charge in [-0.25, -0.2) is 0 Å². The van der Waals surface area contributed by atoms with E-state index in [0.29, 0.717) is 11.6 Å². The van der Waals surface area contributed by atoms with Crippen LogP contribution in [0.25, 0.3) is 10.9 Å². The summed E-state index contributed by atoms with van der Waals surface area (Å²) >= 11 is 0. The first kappa shape index (κ1) is 16.1. The van der Waals surface area contributed by atoms with Crippen molar-refractivity contribution in [2.75, 3.05) is 12.4 Å². The summed E-state index contributed by atoms with van der Waals surface area (Å²) in [4.78, 5) is 15.8. The lowest BCUT2D eigenvalue weighted by Crippen LogP contribution is -2.13. The van der Waals surface area contributed by atoms with E-state index in [2.05, 4.69) is 24.1 Å². The smallest absolute Gasteiger partial charge is 0.272 e. The number of aryl methyl sites for hydroxylation is 1. The van der Waals surface area contributed by atoms with Gasteiger partial charge in [0.2, 0.25) is 0 Å². The van der Waals surface area contributed by atoms with Crippen molar-refractivity contribution in [3.8, 4) is 5.75 Å². The van der Waals surface area contributed by atoms with E-state index < -0.39 is 0 Å². The average Bonchev–Trinajstić information content (AvgIpc) is 2.91. The minimum Gasteiger partial charge on any atom is -0.497 e. The number of aromatic nitrogens is 1. The number of carbonyl (C=O) groups is 1. The Kier molecular flexibility index (Phi) is 4.30. The monoisotopic (exact) mass is 322 g/mol. The Hall–Kier alpha value is -2.75. The van der Waals surface area contributed by atoms with Gasteiger partial charge < -0.3 is 15.0 Å². The van der Waals surface area contributed by atoms with Crippen LogP contribution in [0.4, 0.5) is 5.69 Å². The third kappa shape index (κ3) is 3.00. The van der Waals surface area contributed by atoms with E-state index in [1.807, 2.05) is 49.4 Å². The summed E-state index contributed by atoms with van der Waals surface area (Å²) in [6.45, 7) is 6.24. The average molecular weight is 322 g/mol. The zero-order chi connectivity index (χ0) is 17.3. The second-order valence-electron chi connectivity index (χ2n) is 6.27. The molecular formula is C20H22N2O2. The minimum atomic E-state index is -0.139. The quantitative estimate of drug-likeness (QED) is 0.720. The van der Waals surface area contributed by atoms with Crippen LogP contribution in [0.15, 0.2) is 42.5 Å². The zero-order valence-corrected chi connectivity index (χ0v) is 14.4. The molecule has 124 valence electrons. The first-order chi connectivity index (χ1) is 11.5. The maximum absolute atomic E-state index is 12.6. The number of hydrogen-bond acceptors (Lipinski definition) is 2. The summed E-state index contributed by atoms with van der Waals surface area (Å²) in [5.74, 6) is 1.10. The summed E-state index contributed by atoms with van der Waals surface area (Å²) in [6, 6.07) is 13.7. The van der Waals surface area contributed by atoms with Gasteiger partial charge in [0.15, 0.2) is 0 Å². The molecule has 3 aromatic rings. The number of fused-ring (bicyclic) bond motifs is 1. The molecule has 0 radical (unpaired) electrons. The molecule has 0 unspecified atom stereocenters. The van der Waals surface area contributed by atoms with Crippen molar-refractivity contribution in [1.29, 1.82) is 0 Å². The summed E-state index contributed by atoms with van der Waals surface area (Å²) in [5.41, 5.74) is 4.45. The molecule has 0 bridgehead atoms. The van der Waals surface area contributed by atoms with Crippen molar-refractivity contribution < 1.29 is 9.53 Å². The molecule has 0 saturated carbocycles. The van der Waals surface area contributed by atoms with Gasteiger partial charge in [0.05, 0.1) is 7.11 Å². The maximum Gasteiger partial charge on any atom is 0.272 e. The number of anilines is 1. The Balaban J connectivity index is 1.86. The van der Waals surface area contributed by atoms with Gasteiger partial charge in [-0.15, -0.1) is 0 Å². The van der Waals surface area contributed by atoms with Crippen molar-refractivity contribution in [3.05, 3.63) is 59.3 Å². The predicted molar refractivity (Wildman–Crippen MR) is 98.1 cm³/mol. The van der Waals surface area contributed by atoms with E-state index in [-0.39, 0.29) is 5.91 Å².